The zero-order valence-corrected chi connectivity index (χ0v) is 24.6. The molecule has 4 rings (SSSR count). The maximum Gasteiger partial charge on any atom is 0.335 e. The molecule has 4 N–H and O–H groups in total. The second-order valence-electron chi connectivity index (χ2n) is 9.18. The molecule has 0 bridgehead atoms. The largest absolute Gasteiger partial charge is 0.497 e. The van der Waals surface area contributed by atoms with Crippen LogP contribution in [-0.2, 0) is 9.59 Å². The summed E-state index contributed by atoms with van der Waals surface area (Å²) in [6.45, 7) is 0. The van der Waals surface area contributed by atoms with Crippen molar-refractivity contribution in [3.8, 4) is 11.5 Å². The number of aromatic carboxylic acids is 1. The van der Waals surface area contributed by atoms with Gasteiger partial charge in [0.25, 0.3) is 11.8 Å². The van der Waals surface area contributed by atoms with Crippen LogP contribution in [0.4, 0.5) is 11.4 Å². The number of benzene rings is 4. The molecule has 0 aliphatic rings. The van der Waals surface area contributed by atoms with Crippen molar-refractivity contribution in [2.24, 2.45) is 0 Å². The molecule has 44 heavy (non-hydrogen) atoms. The SMILES string of the molecule is COc1ccc(OC)c(/C=C(\NC(=O)c2ccccc2)C(=O)Nc2ccc(SCC(=O)Nc3ccc(C(=O)O)cc3)cc2)c1. The van der Waals surface area contributed by atoms with E-state index in [4.69, 9.17) is 14.6 Å². The first kappa shape index (κ1) is 31.4. The Morgan fingerprint density at radius 2 is 1.43 bits per heavy atom. The minimum Gasteiger partial charge on any atom is -0.497 e. The Morgan fingerprint density at radius 1 is 0.773 bits per heavy atom. The van der Waals surface area contributed by atoms with Gasteiger partial charge in [0.15, 0.2) is 0 Å². The fraction of sp³-hybridized carbons (Fsp3) is 0.0909. The van der Waals surface area contributed by atoms with E-state index in [-0.39, 0.29) is 22.9 Å². The van der Waals surface area contributed by atoms with E-state index in [0.717, 1.165) is 4.90 Å². The van der Waals surface area contributed by atoms with Crippen molar-refractivity contribution in [2.45, 2.75) is 4.90 Å². The number of methoxy groups -OCH3 is 2. The highest BCUT2D eigenvalue weighted by Gasteiger charge is 2.17. The Labute approximate surface area is 258 Å². The second-order valence-corrected chi connectivity index (χ2v) is 10.2. The number of thioether (sulfide) groups is 1. The predicted molar refractivity (Wildman–Crippen MR) is 169 cm³/mol. The van der Waals surface area contributed by atoms with Crippen LogP contribution in [0.3, 0.4) is 0 Å². The van der Waals surface area contributed by atoms with Crippen LogP contribution in [-0.4, -0.2) is 48.8 Å². The summed E-state index contributed by atoms with van der Waals surface area (Å²) >= 11 is 1.29. The van der Waals surface area contributed by atoms with Gasteiger partial charge in [-0.1, -0.05) is 18.2 Å². The maximum absolute atomic E-state index is 13.4. The first-order valence-electron chi connectivity index (χ1n) is 13.2. The summed E-state index contributed by atoms with van der Waals surface area (Å²) in [5.74, 6) is -1.18. The Morgan fingerprint density at radius 3 is 2.07 bits per heavy atom. The van der Waals surface area contributed by atoms with E-state index in [1.165, 1.54) is 56.3 Å². The molecule has 0 heterocycles. The van der Waals surface area contributed by atoms with Gasteiger partial charge in [0.1, 0.15) is 17.2 Å². The molecule has 0 unspecified atom stereocenters. The maximum atomic E-state index is 13.4. The Hall–Kier alpha value is -5.55. The van der Waals surface area contributed by atoms with Crippen molar-refractivity contribution in [1.29, 1.82) is 0 Å². The lowest BCUT2D eigenvalue weighted by Gasteiger charge is -2.13. The van der Waals surface area contributed by atoms with Gasteiger partial charge in [-0.25, -0.2) is 4.79 Å². The summed E-state index contributed by atoms with van der Waals surface area (Å²) in [4.78, 5) is 50.5. The lowest BCUT2D eigenvalue weighted by atomic mass is 10.1. The number of nitrogens with one attached hydrogen (secondary N) is 3. The number of ether oxygens (including phenoxy) is 2. The third-order valence-electron chi connectivity index (χ3n) is 6.16. The average Bonchev–Trinajstić information content (AvgIpc) is 3.04. The lowest BCUT2D eigenvalue weighted by Crippen LogP contribution is -2.30. The summed E-state index contributed by atoms with van der Waals surface area (Å²) in [6, 6.07) is 26.4. The van der Waals surface area contributed by atoms with E-state index in [1.807, 2.05) is 0 Å². The van der Waals surface area contributed by atoms with E-state index < -0.39 is 17.8 Å². The summed E-state index contributed by atoms with van der Waals surface area (Å²) in [6.07, 6.45) is 1.51. The molecule has 0 saturated carbocycles. The molecule has 0 saturated heterocycles. The Bertz CT molecular complexity index is 1670. The highest BCUT2D eigenvalue weighted by molar-refractivity contribution is 8.00. The highest BCUT2D eigenvalue weighted by atomic mass is 32.2. The number of carbonyl (C=O) groups is 4. The smallest absolute Gasteiger partial charge is 0.335 e. The molecule has 4 aromatic carbocycles. The van der Waals surface area contributed by atoms with Gasteiger partial charge in [-0.05, 0) is 84.9 Å². The number of hydrogen-bond donors (Lipinski definition) is 4. The second kappa shape index (κ2) is 15.1. The molecule has 11 heteroatoms. The molecular weight excluding hydrogens is 582 g/mol. The molecule has 0 aliphatic heterocycles. The van der Waals surface area contributed by atoms with Crippen molar-refractivity contribution < 1.29 is 33.8 Å². The van der Waals surface area contributed by atoms with Crippen LogP contribution in [0.1, 0.15) is 26.3 Å². The molecule has 10 nitrogen and oxygen atoms in total. The zero-order valence-electron chi connectivity index (χ0n) is 23.8. The molecule has 0 fully saturated rings. The van der Waals surface area contributed by atoms with E-state index in [1.54, 1.807) is 72.8 Å². The standard InChI is InChI=1S/C33H29N3O7S/c1-42-26-14-17-29(43-2)23(18-26)19-28(36-31(38)21-6-4-3-5-7-21)32(39)35-25-12-15-27(16-13-25)44-20-30(37)34-24-10-8-22(9-11-24)33(40)41/h3-19H,20H2,1-2H3,(H,34,37)(H,35,39)(H,36,38)(H,40,41)/b28-19-. The number of carboxylic acid groups (broad SMARTS) is 1. The van der Waals surface area contributed by atoms with Crippen molar-refractivity contribution >= 4 is 52.9 Å². The van der Waals surface area contributed by atoms with Crippen LogP contribution in [0.5, 0.6) is 11.5 Å². The number of carbonyl (C=O) groups excluding carboxylic acids is 3. The van der Waals surface area contributed by atoms with E-state index in [2.05, 4.69) is 16.0 Å². The molecule has 224 valence electrons. The third kappa shape index (κ3) is 8.73. The van der Waals surface area contributed by atoms with Gasteiger partial charge in [0, 0.05) is 27.4 Å². The van der Waals surface area contributed by atoms with Gasteiger partial charge in [0.2, 0.25) is 5.91 Å². The van der Waals surface area contributed by atoms with Gasteiger partial charge < -0.3 is 30.5 Å². The fourth-order valence-corrected chi connectivity index (χ4v) is 4.62. The van der Waals surface area contributed by atoms with E-state index >= 15 is 0 Å². The van der Waals surface area contributed by atoms with Crippen LogP contribution >= 0.6 is 11.8 Å². The zero-order chi connectivity index (χ0) is 31.5. The first-order chi connectivity index (χ1) is 21.2. The van der Waals surface area contributed by atoms with Crippen LogP contribution in [0, 0.1) is 0 Å². The van der Waals surface area contributed by atoms with Crippen molar-refractivity contribution in [3.05, 3.63) is 119 Å². The molecular formula is C33H29N3O7S. The predicted octanol–water partition coefficient (Wildman–Crippen LogP) is 5.54. The molecule has 0 spiro atoms. The topological polar surface area (TPSA) is 143 Å². The minimum atomic E-state index is -1.04. The molecule has 0 aliphatic carbocycles. The summed E-state index contributed by atoms with van der Waals surface area (Å²) in [5.41, 5.74) is 1.98. The number of anilines is 2. The number of amides is 3. The van der Waals surface area contributed by atoms with Crippen molar-refractivity contribution in [2.75, 3.05) is 30.6 Å². The highest BCUT2D eigenvalue weighted by Crippen LogP contribution is 2.27. The van der Waals surface area contributed by atoms with Crippen LogP contribution < -0.4 is 25.4 Å². The first-order valence-corrected chi connectivity index (χ1v) is 14.2. The molecule has 0 atom stereocenters. The number of hydrogen-bond acceptors (Lipinski definition) is 7. The third-order valence-corrected chi connectivity index (χ3v) is 7.18. The molecule has 0 radical (unpaired) electrons. The molecule has 4 aromatic rings. The van der Waals surface area contributed by atoms with E-state index in [9.17, 15) is 19.2 Å². The van der Waals surface area contributed by atoms with Crippen LogP contribution in [0.15, 0.2) is 108 Å². The quantitative estimate of drug-likeness (QED) is 0.121. The van der Waals surface area contributed by atoms with Gasteiger partial charge in [0.05, 0.1) is 25.5 Å². The number of rotatable bonds is 12. The van der Waals surface area contributed by atoms with Gasteiger partial charge >= 0.3 is 5.97 Å². The summed E-state index contributed by atoms with van der Waals surface area (Å²) < 4.78 is 10.7. The molecule has 3 amide bonds. The summed E-state index contributed by atoms with van der Waals surface area (Å²) in [5, 5.41) is 17.2. The Kier molecular flexibility index (Phi) is 10.8. The van der Waals surface area contributed by atoms with Crippen LogP contribution in [0.2, 0.25) is 0 Å². The van der Waals surface area contributed by atoms with E-state index in [0.29, 0.717) is 34.0 Å². The van der Waals surface area contributed by atoms with Crippen molar-refractivity contribution in [1.82, 2.24) is 5.32 Å². The Balaban J connectivity index is 1.44. The monoisotopic (exact) mass is 611 g/mol. The summed E-state index contributed by atoms with van der Waals surface area (Å²) in [7, 11) is 3.03. The fourth-order valence-electron chi connectivity index (χ4n) is 3.93. The average molecular weight is 612 g/mol. The van der Waals surface area contributed by atoms with Gasteiger partial charge in [-0.3, -0.25) is 14.4 Å². The minimum absolute atomic E-state index is 0.0167. The lowest BCUT2D eigenvalue weighted by molar-refractivity contribution is -0.114. The normalized spacial score (nSPS) is 10.8. The van der Waals surface area contributed by atoms with Crippen LogP contribution in [0.25, 0.3) is 6.08 Å². The molecule has 0 aromatic heterocycles. The van der Waals surface area contributed by atoms with Gasteiger partial charge in [-0.2, -0.15) is 0 Å². The number of carboxylic acids is 1. The van der Waals surface area contributed by atoms with Crippen molar-refractivity contribution in [3.63, 3.8) is 0 Å². The van der Waals surface area contributed by atoms with Gasteiger partial charge in [-0.15, -0.1) is 11.8 Å².